The van der Waals surface area contributed by atoms with E-state index in [0.717, 1.165) is 22.6 Å². The van der Waals surface area contributed by atoms with Gasteiger partial charge in [0.1, 0.15) is 16.9 Å². The zero-order valence-corrected chi connectivity index (χ0v) is 17.2. The Hall–Kier alpha value is -2.28. The molecule has 0 saturated carbocycles. The number of hydrogen-bond acceptors (Lipinski definition) is 5. The van der Waals surface area contributed by atoms with Crippen LogP contribution in [0.15, 0.2) is 29.2 Å². The third kappa shape index (κ3) is 3.94. The van der Waals surface area contributed by atoms with E-state index in [0.29, 0.717) is 30.0 Å². The van der Waals surface area contributed by atoms with Crippen molar-refractivity contribution in [2.45, 2.75) is 31.6 Å². The zero-order chi connectivity index (χ0) is 20.5. The molecule has 0 aliphatic carbocycles. The number of benzene rings is 1. The van der Waals surface area contributed by atoms with Gasteiger partial charge in [0.05, 0.1) is 16.4 Å². The lowest BCUT2D eigenvalue weighted by Crippen LogP contribution is -2.43. The fourth-order valence-electron chi connectivity index (χ4n) is 3.19. The minimum Gasteiger partial charge on any atom is -0.316 e. The van der Waals surface area contributed by atoms with Crippen LogP contribution in [0.3, 0.4) is 0 Å². The Morgan fingerprint density at radius 1 is 1.32 bits per heavy atom. The summed E-state index contributed by atoms with van der Waals surface area (Å²) in [4.78, 5) is 13.7. The van der Waals surface area contributed by atoms with Gasteiger partial charge in [-0.1, -0.05) is 0 Å². The van der Waals surface area contributed by atoms with E-state index >= 15 is 0 Å². The Bertz CT molecular complexity index is 1040. The van der Waals surface area contributed by atoms with Gasteiger partial charge in [0, 0.05) is 18.0 Å². The highest BCUT2D eigenvalue weighted by Gasteiger charge is 2.33. The molecule has 148 valence electrons. The van der Waals surface area contributed by atoms with Crippen LogP contribution in [-0.4, -0.2) is 31.7 Å². The molecule has 1 saturated heterocycles. The smallest absolute Gasteiger partial charge is 0.243 e. The minimum atomic E-state index is -3.80. The second-order valence-corrected chi connectivity index (χ2v) is 9.91. The van der Waals surface area contributed by atoms with Crippen molar-refractivity contribution >= 4 is 32.3 Å². The van der Waals surface area contributed by atoms with Crippen molar-refractivity contribution in [3.63, 3.8) is 0 Å². The molecule has 1 aliphatic heterocycles. The summed E-state index contributed by atoms with van der Waals surface area (Å²) < 4.78 is 40.0. The van der Waals surface area contributed by atoms with Crippen molar-refractivity contribution in [2.75, 3.05) is 18.4 Å². The molecular formula is C19H20FN3O3S2. The van der Waals surface area contributed by atoms with Crippen molar-refractivity contribution in [1.29, 1.82) is 5.26 Å². The van der Waals surface area contributed by atoms with Crippen LogP contribution in [0.5, 0.6) is 0 Å². The SMILES string of the molecule is Cc1sc(NC(=O)C2CCCN(S(=O)(=O)c3ccc(F)cc3)C2)c(C#N)c1C. The number of halogens is 1. The first-order valence-corrected chi connectivity index (χ1v) is 11.1. The molecule has 1 unspecified atom stereocenters. The number of nitriles is 1. The number of carbonyl (C=O) groups excluding carboxylic acids is 1. The first-order valence-electron chi connectivity index (χ1n) is 8.80. The summed E-state index contributed by atoms with van der Waals surface area (Å²) in [6.45, 7) is 4.08. The standard InChI is InChI=1S/C19H20FN3O3S2/c1-12-13(2)27-19(17(12)10-21)22-18(24)14-4-3-9-23(11-14)28(25,26)16-7-5-15(20)6-8-16/h5-8,14H,3-4,9,11H2,1-2H3,(H,22,24). The van der Waals surface area contributed by atoms with E-state index in [1.807, 2.05) is 13.8 Å². The molecular weight excluding hydrogens is 401 g/mol. The predicted octanol–water partition coefficient (Wildman–Crippen LogP) is 3.42. The van der Waals surface area contributed by atoms with Crippen LogP contribution in [-0.2, 0) is 14.8 Å². The molecule has 28 heavy (non-hydrogen) atoms. The van der Waals surface area contributed by atoms with Gasteiger partial charge in [-0.15, -0.1) is 11.3 Å². The molecule has 9 heteroatoms. The average Bonchev–Trinajstić information content (AvgIpc) is 2.95. The molecule has 1 N–H and O–H groups in total. The number of anilines is 1. The number of nitrogens with zero attached hydrogens (tertiary/aromatic N) is 2. The summed E-state index contributed by atoms with van der Waals surface area (Å²) in [5.74, 6) is -1.32. The van der Waals surface area contributed by atoms with Crippen molar-refractivity contribution in [3.8, 4) is 6.07 Å². The molecule has 2 aromatic rings. The number of thiophene rings is 1. The number of hydrogen-bond donors (Lipinski definition) is 1. The van der Waals surface area contributed by atoms with Gasteiger partial charge >= 0.3 is 0 Å². The maximum absolute atomic E-state index is 13.1. The molecule has 1 fully saturated rings. The van der Waals surface area contributed by atoms with Gasteiger partial charge < -0.3 is 5.32 Å². The maximum Gasteiger partial charge on any atom is 0.243 e. The van der Waals surface area contributed by atoms with Crippen LogP contribution in [0.1, 0.15) is 28.8 Å². The lowest BCUT2D eigenvalue weighted by Gasteiger charge is -2.31. The van der Waals surface area contributed by atoms with Gasteiger partial charge in [0.2, 0.25) is 15.9 Å². The number of nitrogens with one attached hydrogen (secondary N) is 1. The zero-order valence-electron chi connectivity index (χ0n) is 15.5. The molecule has 6 nitrogen and oxygen atoms in total. The van der Waals surface area contributed by atoms with Crippen molar-refractivity contribution in [1.82, 2.24) is 4.31 Å². The predicted molar refractivity (Wildman–Crippen MR) is 105 cm³/mol. The third-order valence-corrected chi connectivity index (χ3v) is 7.94. The van der Waals surface area contributed by atoms with Crippen molar-refractivity contribution in [2.24, 2.45) is 5.92 Å². The molecule has 1 aromatic carbocycles. The van der Waals surface area contributed by atoms with Gasteiger partial charge in [0.15, 0.2) is 0 Å². The highest BCUT2D eigenvalue weighted by molar-refractivity contribution is 7.89. The lowest BCUT2D eigenvalue weighted by atomic mass is 9.99. The van der Waals surface area contributed by atoms with Gasteiger partial charge in [-0.3, -0.25) is 4.79 Å². The number of piperidine rings is 1. The molecule has 1 aliphatic rings. The van der Waals surface area contributed by atoms with E-state index in [2.05, 4.69) is 11.4 Å². The number of aryl methyl sites for hydroxylation is 1. The molecule has 1 amide bonds. The summed E-state index contributed by atoms with van der Waals surface area (Å²) >= 11 is 1.34. The first kappa shape index (κ1) is 20.5. The molecule has 0 bridgehead atoms. The summed E-state index contributed by atoms with van der Waals surface area (Å²) in [6, 6.07) is 6.77. The Labute approximate surface area is 167 Å². The van der Waals surface area contributed by atoms with Crippen LogP contribution < -0.4 is 5.32 Å². The molecule has 0 radical (unpaired) electrons. The second kappa shape index (κ2) is 7.99. The summed E-state index contributed by atoms with van der Waals surface area (Å²) in [5.41, 5.74) is 1.29. The Kier molecular flexibility index (Phi) is 5.84. The van der Waals surface area contributed by atoms with E-state index in [4.69, 9.17) is 0 Å². The fraction of sp³-hybridized carbons (Fsp3) is 0.368. The summed E-state index contributed by atoms with van der Waals surface area (Å²) in [5, 5.41) is 12.6. The van der Waals surface area contributed by atoms with E-state index in [-0.39, 0.29) is 17.3 Å². The highest BCUT2D eigenvalue weighted by atomic mass is 32.2. The van der Waals surface area contributed by atoms with Gasteiger partial charge in [0.25, 0.3) is 0 Å². The van der Waals surface area contributed by atoms with Crippen molar-refractivity contribution in [3.05, 3.63) is 46.1 Å². The van der Waals surface area contributed by atoms with E-state index in [1.54, 1.807) is 0 Å². The Balaban J connectivity index is 1.76. The van der Waals surface area contributed by atoms with Crippen LogP contribution >= 0.6 is 11.3 Å². The minimum absolute atomic E-state index is 0.00577. The van der Waals surface area contributed by atoms with Crippen LogP contribution in [0.25, 0.3) is 0 Å². The van der Waals surface area contributed by atoms with Gasteiger partial charge in [-0.2, -0.15) is 9.57 Å². The van der Waals surface area contributed by atoms with Crippen LogP contribution in [0, 0.1) is 36.9 Å². The highest BCUT2D eigenvalue weighted by Crippen LogP contribution is 2.33. The van der Waals surface area contributed by atoms with E-state index < -0.39 is 21.8 Å². The van der Waals surface area contributed by atoms with Crippen LogP contribution in [0.2, 0.25) is 0 Å². The number of rotatable bonds is 4. The van der Waals surface area contributed by atoms with E-state index in [1.165, 1.54) is 27.8 Å². The molecule has 0 spiro atoms. The number of amides is 1. The largest absolute Gasteiger partial charge is 0.316 e. The Morgan fingerprint density at radius 2 is 2.00 bits per heavy atom. The maximum atomic E-state index is 13.1. The third-order valence-electron chi connectivity index (χ3n) is 4.94. The molecule has 2 heterocycles. The van der Waals surface area contributed by atoms with Crippen molar-refractivity contribution < 1.29 is 17.6 Å². The number of carbonyl (C=O) groups is 1. The Morgan fingerprint density at radius 3 is 2.64 bits per heavy atom. The fourth-order valence-corrected chi connectivity index (χ4v) is 5.73. The monoisotopic (exact) mass is 421 g/mol. The van der Waals surface area contributed by atoms with Gasteiger partial charge in [-0.25, -0.2) is 12.8 Å². The topological polar surface area (TPSA) is 90.3 Å². The number of sulfonamides is 1. The van der Waals surface area contributed by atoms with Gasteiger partial charge in [-0.05, 0) is 56.5 Å². The average molecular weight is 422 g/mol. The van der Waals surface area contributed by atoms with E-state index in [9.17, 15) is 22.9 Å². The lowest BCUT2D eigenvalue weighted by molar-refractivity contribution is -0.120. The molecule has 1 atom stereocenters. The summed E-state index contributed by atoms with van der Waals surface area (Å²) in [6.07, 6.45) is 1.11. The second-order valence-electron chi connectivity index (χ2n) is 6.74. The molecule has 1 aromatic heterocycles. The quantitative estimate of drug-likeness (QED) is 0.819. The summed E-state index contributed by atoms with van der Waals surface area (Å²) in [7, 11) is -3.80. The first-order chi connectivity index (χ1) is 13.2. The molecule has 3 rings (SSSR count). The van der Waals surface area contributed by atoms with Crippen LogP contribution in [0.4, 0.5) is 9.39 Å². The normalized spacial score (nSPS) is 17.9.